The van der Waals surface area contributed by atoms with Crippen LogP contribution < -0.4 is 10.1 Å². The monoisotopic (exact) mass is 284 g/mol. The summed E-state index contributed by atoms with van der Waals surface area (Å²) < 4.78 is 5.28. The topological polar surface area (TPSA) is 51.2 Å². The molecule has 0 radical (unpaired) electrons. The van der Waals surface area contributed by atoms with Gasteiger partial charge in [0.2, 0.25) is 5.91 Å². The highest BCUT2D eigenvalue weighted by Crippen LogP contribution is 2.19. The largest absolute Gasteiger partial charge is 0.496 e. The summed E-state index contributed by atoms with van der Waals surface area (Å²) in [5.74, 6) is 0.775. The predicted molar refractivity (Wildman–Crippen MR) is 82.2 cm³/mol. The summed E-state index contributed by atoms with van der Waals surface area (Å²) in [7, 11) is 1.63. The molecule has 2 rings (SSSR count). The summed E-state index contributed by atoms with van der Waals surface area (Å²) in [5.41, 5.74) is 2.85. The van der Waals surface area contributed by atoms with Crippen molar-refractivity contribution in [2.75, 3.05) is 7.11 Å². The van der Waals surface area contributed by atoms with E-state index < -0.39 is 0 Å². The highest BCUT2D eigenvalue weighted by atomic mass is 16.5. The minimum atomic E-state index is -0.106. The van der Waals surface area contributed by atoms with E-state index in [-0.39, 0.29) is 11.9 Å². The lowest BCUT2D eigenvalue weighted by atomic mass is 10.1. The number of aromatic nitrogens is 1. The van der Waals surface area contributed by atoms with Crippen molar-refractivity contribution in [1.29, 1.82) is 0 Å². The number of carbonyl (C=O) groups is 1. The van der Waals surface area contributed by atoms with Crippen molar-refractivity contribution in [3.05, 3.63) is 59.4 Å². The fourth-order valence-electron chi connectivity index (χ4n) is 2.16. The van der Waals surface area contributed by atoms with Crippen molar-refractivity contribution in [2.45, 2.75) is 26.3 Å². The molecule has 0 saturated carbocycles. The molecule has 110 valence electrons. The Hall–Kier alpha value is -2.36. The number of aryl methyl sites for hydroxylation is 1. The number of hydrogen-bond acceptors (Lipinski definition) is 3. The van der Waals surface area contributed by atoms with Crippen LogP contribution in [0.25, 0.3) is 0 Å². The van der Waals surface area contributed by atoms with Gasteiger partial charge >= 0.3 is 0 Å². The van der Waals surface area contributed by atoms with Crippen LogP contribution in [0, 0.1) is 6.92 Å². The van der Waals surface area contributed by atoms with Crippen LogP contribution >= 0.6 is 0 Å². The van der Waals surface area contributed by atoms with Gasteiger partial charge in [0.1, 0.15) is 5.75 Å². The summed E-state index contributed by atoms with van der Waals surface area (Å²) in [4.78, 5) is 16.3. The summed E-state index contributed by atoms with van der Waals surface area (Å²) in [6, 6.07) is 11.4. The van der Waals surface area contributed by atoms with Crippen LogP contribution in [0.3, 0.4) is 0 Å². The first kappa shape index (κ1) is 15.0. The van der Waals surface area contributed by atoms with E-state index in [0.29, 0.717) is 6.42 Å². The molecule has 1 unspecified atom stereocenters. The van der Waals surface area contributed by atoms with Crippen LogP contribution in [0.15, 0.2) is 42.6 Å². The molecule has 0 saturated heterocycles. The van der Waals surface area contributed by atoms with Gasteiger partial charge in [0, 0.05) is 6.20 Å². The molecule has 0 bridgehead atoms. The maximum absolute atomic E-state index is 12.1. The molecule has 0 fully saturated rings. The molecule has 0 aliphatic heterocycles. The molecule has 2 aromatic rings. The van der Waals surface area contributed by atoms with Crippen LogP contribution in [-0.4, -0.2) is 18.0 Å². The Bertz CT molecular complexity index is 611. The highest BCUT2D eigenvalue weighted by Gasteiger charge is 2.11. The van der Waals surface area contributed by atoms with Crippen molar-refractivity contribution in [1.82, 2.24) is 10.3 Å². The zero-order chi connectivity index (χ0) is 15.2. The number of methoxy groups -OCH3 is 1. The number of pyridine rings is 1. The fourth-order valence-corrected chi connectivity index (χ4v) is 2.16. The van der Waals surface area contributed by atoms with Crippen molar-refractivity contribution in [2.24, 2.45) is 0 Å². The molecule has 1 heterocycles. The highest BCUT2D eigenvalue weighted by molar-refractivity contribution is 5.79. The molecular formula is C17H20N2O2. The van der Waals surface area contributed by atoms with Crippen molar-refractivity contribution in [3.8, 4) is 5.75 Å². The average molecular weight is 284 g/mol. The zero-order valence-corrected chi connectivity index (χ0v) is 12.6. The summed E-state index contributed by atoms with van der Waals surface area (Å²) in [6.45, 7) is 3.90. The van der Waals surface area contributed by atoms with Gasteiger partial charge in [-0.1, -0.05) is 18.2 Å². The number of nitrogens with one attached hydrogen (secondary N) is 1. The molecule has 0 aliphatic rings. The molecule has 1 amide bonds. The Labute approximate surface area is 125 Å². The van der Waals surface area contributed by atoms with Crippen LogP contribution in [-0.2, 0) is 11.2 Å². The number of ether oxygens (including phenoxy) is 1. The molecule has 4 heteroatoms. The molecule has 1 atom stereocenters. The Morgan fingerprint density at radius 1 is 1.33 bits per heavy atom. The molecule has 1 aromatic heterocycles. The van der Waals surface area contributed by atoms with Crippen LogP contribution in [0.1, 0.15) is 29.8 Å². The van der Waals surface area contributed by atoms with E-state index in [0.717, 1.165) is 22.6 Å². The molecule has 1 aromatic carbocycles. The van der Waals surface area contributed by atoms with Gasteiger partial charge in [0.15, 0.2) is 0 Å². The SMILES string of the molecule is COc1cc(CC(=O)NC(C)c2ccccn2)ccc1C. The molecule has 21 heavy (non-hydrogen) atoms. The van der Waals surface area contributed by atoms with Crippen molar-refractivity contribution >= 4 is 5.91 Å². The second kappa shape index (κ2) is 6.88. The van der Waals surface area contributed by atoms with Gasteiger partial charge in [-0.2, -0.15) is 0 Å². The Kier molecular flexibility index (Phi) is 4.93. The van der Waals surface area contributed by atoms with Gasteiger partial charge in [-0.25, -0.2) is 0 Å². The van der Waals surface area contributed by atoms with E-state index in [9.17, 15) is 4.79 Å². The maximum Gasteiger partial charge on any atom is 0.224 e. The van der Waals surface area contributed by atoms with Crippen molar-refractivity contribution in [3.63, 3.8) is 0 Å². The lowest BCUT2D eigenvalue weighted by Gasteiger charge is -2.14. The van der Waals surface area contributed by atoms with Gasteiger partial charge < -0.3 is 10.1 Å². The van der Waals surface area contributed by atoms with Gasteiger partial charge in [0.25, 0.3) is 0 Å². The second-order valence-corrected chi connectivity index (χ2v) is 5.02. The van der Waals surface area contributed by atoms with Gasteiger partial charge in [-0.15, -0.1) is 0 Å². The molecule has 1 N–H and O–H groups in total. The van der Waals surface area contributed by atoms with Crippen LogP contribution in [0.4, 0.5) is 0 Å². The summed E-state index contributed by atoms with van der Waals surface area (Å²) >= 11 is 0. The van der Waals surface area contributed by atoms with Gasteiger partial charge in [-0.3, -0.25) is 9.78 Å². The smallest absolute Gasteiger partial charge is 0.224 e. The number of nitrogens with zero attached hydrogens (tertiary/aromatic N) is 1. The lowest BCUT2D eigenvalue weighted by molar-refractivity contribution is -0.121. The van der Waals surface area contributed by atoms with E-state index in [1.807, 2.05) is 50.2 Å². The first-order valence-electron chi connectivity index (χ1n) is 6.94. The van der Waals surface area contributed by atoms with Crippen molar-refractivity contribution < 1.29 is 9.53 Å². The third-order valence-corrected chi connectivity index (χ3v) is 3.35. The molecule has 4 nitrogen and oxygen atoms in total. The normalized spacial score (nSPS) is 11.8. The molecular weight excluding hydrogens is 264 g/mol. The van der Waals surface area contributed by atoms with E-state index in [1.54, 1.807) is 13.3 Å². The zero-order valence-electron chi connectivity index (χ0n) is 12.6. The number of amides is 1. The first-order chi connectivity index (χ1) is 10.1. The molecule has 0 spiro atoms. The van der Waals surface area contributed by atoms with Gasteiger partial charge in [0.05, 0.1) is 25.3 Å². The second-order valence-electron chi connectivity index (χ2n) is 5.02. The minimum Gasteiger partial charge on any atom is -0.496 e. The number of rotatable bonds is 5. The Balaban J connectivity index is 1.99. The number of carbonyl (C=O) groups excluding carboxylic acids is 1. The molecule has 0 aliphatic carbocycles. The minimum absolute atomic E-state index is 0.0286. The summed E-state index contributed by atoms with van der Waals surface area (Å²) in [5, 5.41) is 2.95. The number of benzene rings is 1. The Morgan fingerprint density at radius 3 is 2.81 bits per heavy atom. The number of hydrogen-bond donors (Lipinski definition) is 1. The van der Waals surface area contributed by atoms with E-state index in [4.69, 9.17) is 4.74 Å². The third kappa shape index (κ3) is 4.05. The van der Waals surface area contributed by atoms with Crippen LogP contribution in [0.2, 0.25) is 0 Å². The Morgan fingerprint density at radius 2 is 2.14 bits per heavy atom. The maximum atomic E-state index is 12.1. The van der Waals surface area contributed by atoms with E-state index >= 15 is 0 Å². The predicted octanol–water partition coefficient (Wildman–Crippen LogP) is 2.82. The lowest BCUT2D eigenvalue weighted by Crippen LogP contribution is -2.28. The third-order valence-electron chi connectivity index (χ3n) is 3.35. The standard InChI is InChI=1S/C17H20N2O2/c1-12-7-8-14(10-16(12)21-3)11-17(20)19-13(2)15-6-4-5-9-18-15/h4-10,13H,11H2,1-3H3,(H,19,20). The first-order valence-corrected chi connectivity index (χ1v) is 6.94. The van der Waals surface area contributed by atoms with E-state index in [1.165, 1.54) is 0 Å². The van der Waals surface area contributed by atoms with E-state index in [2.05, 4.69) is 10.3 Å². The fraction of sp³-hybridized carbons (Fsp3) is 0.294. The quantitative estimate of drug-likeness (QED) is 0.918. The van der Waals surface area contributed by atoms with Gasteiger partial charge in [-0.05, 0) is 43.2 Å². The summed E-state index contributed by atoms with van der Waals surface area (Å²) in [6.07, 6.45) is 2.05. The average Bonchev–Trinajstić information content (AvgIpc) is 2.50. The van der Waals surface area contributed by atoms with Crippen LogP contribution in [0.5, 0.6) is 5.75 Å².